The van der Waals surface area contributed by atoms with Gasteiger partial charge < -0.3 is 4.74 Å². The molecule has 1 aromatic heterocycles. The molecule has 0 N–H and O–H groups in total. The van der Waals surface area contributed by atoms with Gasteiger partial charge in [0.05, 0.1) is 11.0 Å². The van der Waals surface area contributed by atoms with Crippen LogP contribution in [-0.2, 0) is 4.74 Å². The molecule has 0 aliphatic carbocycles. The number of carbonyl (C=O) groups is 1. The van der Waals surface area contributed by atoms with Crippen molar-refractivity contribution in [2.24, 2.45) is 0 Å². The molecule has 1 heterocycles. The smallest absolute Gasteiger partial charge is 0.420 e. The van der Waals surface area contributed by atoms with Crippen LogP contribution >= 0.6 is 0 Å². The molecule has 4 heteroatoms. The van der Waals surface area contributed by atoms with Crippen LogP contribution < -0.4 is 0 Å². The number of carbonyl (C=O) groups excluding carboxylic acids is 1. The number of aromatic nitrogens is 2. The Morgan fingerprint density at radius 1 is 1.26 bits per heavy atom. The Balaban J connectivity index is 0.000000861. The van der Waals surface area contributed by atoms with E-state index < -0.39 is 11.7 Å². The molecule has 0 radical (unpaired) electrons. The minimum Gasteiger partial charge on any atom is -0.443 e. The average molecular weight is 262 g/mol. The van der Waals surface area contributed by atoms with Crippen LogP contribution in [0.15, 0.2) is 24.5 Å². The van der Waals surface area contributed by atoms with Crippen LogP contribution in [0, 0.1) is 6.92 Å². The van der Waals surface area contributed by atoms with E-state index in [4.69, 9.17) is 4.74 Å². The minimum atomic E-state index is -0.502. The fraction of sp³-hybridized carbons (Fsp3) is 0.467. The second kappa shape index (κ2) is 5.87. The number of benzene rings is 1. The summed E-state index contributed by atoms with van der Waals surface area (Å²) in [5, 5.41) is 0. The van der Waals surface area contributed by atoms with Gasteiger partial charge in [0, 0.05) is 0 Å². The Bertz CT molecular complexity index is 565. The highest BCUT2D eigenvalue weighted by Gasteiger charge is 2.19. The molecule has 0 fully saturated rings. The first-order valence-electron chi connectivity index (χ1n) is 6.54. The van der Waals surface area contributed by atoms with Crippen LogP contribution in [-0.4, -0.2) is 21.2 Å². The maximum Gasteiger partial charge on any atom is 0.420 e. The molecule has 0 saturated heterocycles. The molecular formula is C15H22N2O2. The lowest BCUT2D eigenvalue weighted by Crippen LogP contribution is -2.26. The molecule has 2 rings (SSSR count). The van der Waals surface area contributed by atoms with Crippen molar-refractivity contribution in [3.63, 3.8) is 0 Å². The van der Waals surface area contributed by atoms with E-state index in [0.717, 1.165) is 16.6 Å². The molecule has 0 spiro atoms. The molecule has 0 atom stereocenters. The summed E-state index contributed by atoms with van der Waals surface area (Å²) >= 11 is 0. The van der Waals surface area contributed by atoms with Gasteiger partial charge in [-0.3, -0.25) is 0 Å². The highest BCUT2D eigenvalue weighted by molar-refractivity contribution is 5.86. The fourth-order valence-corrected chi connectivity index (χ4v) is 1.57. The van der Waals surface area contributed by atoms with Gasteiger partial charge in [-0.25, -0.2) is 14.3 Å². The molecule has 0 amide bonds. The third-order valence-electron chi connectivity index (χ3n) is 2.29. The first-order valence-corrected chi connectivity index (χ1v) is 6.54. The minimum absolute atomic E-state index is 0.398. The van der Waals surface area contributed by atoms with Crippen molar-refractivity contribution in [2.75, 3.05) is 0 Å². The molecule has 0 aliphatic rings. The van der Waals surface area contributed by atoms with Crippen LogP contribution in [0.3, 0.4) is 0 Å². The summed E-state index contributed by atoms with van der Waals surface area (Å²) in [6.45, 7) is 11.5. The Labute approximate surface area is 114 Å². The zero-order valence-electron chi connectivity index (χ0n) is 12.5. The first-order chi connectivity index (χ1) is 8.87. The zero-order chi connectivity index (χ0) is 14.6. The van der Waals surface area contributed by atoms with Crippen molar-refractivity contribution >= 4 is 17.1 Å². The monoisotopic (exact) mass is 262 g/mol. The van der Waals surface area contributed by atoms with E-state index in [1.165, 1.54) is 10.9 Å². The third kappa shape index (κ3) is 3.81. The van der Waals surface area contributed by atoms with Crippen molar-refractivity contribution in [1.29, 1.82) is 0 Å². The van der Waals surface area contributed by atoms with E-state index in [9.17, 15) is 4.79 Å². The summed E-state index contributed by atoms with van der Waals surface area (Å²) in [4.78, 5) is 16.1. The number of nitrogens with zero attached hydrogens (tertiary/aromatic N) is 2. The topological polar surface area (TPSA) is 44.1 Å². The molecule has 4 nitrogen and oxygen atoms in total. The molecule has 0 bridgehead atoms. The molecular weight excluding hydrogens is 240 g/mol. The molecule has 1 aromatic carbocycles. The Morgan fingerprint density at radius 2 is 1.89 bits per heavy atom. The molecule has 2 aromatic rings. The summed E-state index contributed by atoms with van der Waals surface area (Å²) in [6, 6.07) is 5.78. The second-order valence-corrected chi connectivity index (χ2v) is 5.09. The largest absolute Gasteiger partial charge is 0.443 e. The summed E-state index contributed by atoms with van der Waals surface area (Å²) in [6.07, 6.45) is 1.10. The van der Waals surface area contributed by atoms with Crippen molar-refractivity contribution < 1.29 is 9.53 Å². The SMILES string of the molecule is CC.Cc1ccc2ncn(C(=O)OC(C)(C)C)c2c1. The van der Waals surface area contributed by atoms with E-state index >= 15 is 0 Å². The van der Waals surface area contributed by atoms with E-state index in [0.29, 0.717) is 0 Å². The lowest BCUT2D eigenvalue weighted by Gasteiger charge is -2.19. The molecule has 19 heavy (non-hydrogen) atoms. The van der Waals surface area contributed by atoms with Gasteiger partial charge in [0.25, 0.3) is 0 Å². The van der Waals surface area contributed by atoms with E-state index in [-0.39, 0.29) is 0 Å². The van der Waals surface area contributed by atoms with Crippen molar-refractivity contribution in [1.82, 2.24) is 9.55 Å². The van der Waals surface area contributed by atoms with Crippen LogP contribution in [0.25, 0.3) is 11.0 Å². The molecule has 0 aliphatic heterocycles. The van der Waals surface area contributed by atoms with Gasteiger partial charge in [-0.05, 0) is 45.4 Å². The maximum atomic E-state index is 11.9. The summed E-state index contributed by atoms with van der Waals surface area (Å²) in [5.74, 6) is 0. The molecule has 0 unspecified atom stereocenters. The lowest BCUT2D eigenvalue weighted by molar-refractivity contribution is 0.0543. The highest BCUT2D eigenvalue weighted by atomic mass is 16.6. The third-order valence-corrected chi connectivity index (χ3v) is 2.29. The van der Waals surface area contributed by atoms with Gasteiger partial charge >= 0.3 is 6.09 Å². The molecule has 0 saturated carbocycles. The number of hydrogen-bond donors (Lipinski definition) is 0. The molecule has 104 valence electrons. The number of aryl methyl sites for hydroxylation is 1. The summed E-state index contributed by atoms with van der Waals surface area (Å²) in [7, 11) is 0. The van der Waals surface area contributed by atoms with Crippen molar-refractivity contribution in [2.45, 2.75) is 47.1 Å². The van der Waals surface area contributed by atoms with Crippen LogP contribution in [0.4, 0.5) is 4.79 Å². The predicted molar refractivity (Wildman–Crippen MR) is 77.5 cm³/mol. The van der Waals surface area contributed by atoms with Crippen LogP contribution in [0.1, 0.15) is 40.2 Å². The highest BCUT2D eigenvalue weighted by Crippen LogP contribution is 2.17. The number of fused-ring (bicyclic) bond motifs is 1. The predicted octanol–water partition coefficient (Wildman–Crippen LogP) is 4.15. The summed E-state index contributed by atoms with van der Waals surface area (Å²) in [5.41, 5.74) is 2.15. The lowest BCUT2D eigenvalue weighted by atomic mass is 10.2. The fourth-order valence-electron chi connectivity index (χ4n) is 1.57. The second-order valence-electron chi connectivity index (χ2n) is 5.09. The average Bonchev–Trinajstić information content (AvgIpc) is 2.72. The number of ether oxygens (including phenoxy) is 1. The van der Waals surface area contributed by atoms with Gasteiger partial charge in [-0.15, -0.1) is 0 Å². The van der Waals surface area contributed by atoms with Gasteiger partial charge in [0.2, 0.25) is 0 Å². The Morgan fingerprint density at radius 3 is 2.47 bits per heavy atom. The quantitative estimate of drug-likeness (QED) is 0.716. The van der Waals surface area contributed by atoms with Gasteiger partial charge in [0.1, 0.15) is 11.9 Å². The van der Waals surface area contributed by atoms with E-state index in [1.807, 2.05) is 59.7 Å². The standard InChI is InChI=1S/C13H16N2O2.C2H6/c1-9-5-6-10-11(7-9)15(8-14-10)12(16)17-13(2,3)4;1-2/h5-8H,1-4H3;1-2H3. The Hall–Kier alpha value is -1.84. The van der Waals surface area contributed by atoms with Crippen LogP contribution in [0.5, 0.6) is 0 Å². The van der Waals surface area contributed by atoms with E-state index in [2.05, 4.69) is 4.98 Å². The summed E-state index contributed by atoms with van der Waals surface area (Å²) < 4.78 is 6.75. The van der Waals surface area contributed by atoms with Gasteiger partial charge in [-0.1, -0.05) is 19.9 Å². The number of hydrogen-bond acceptors (Lipinski definition) is 3. The number of rotatable bonds is 0. The van der Waals surface area contributed by atoms with Gasteiger partial charge in [0.15, 0.2) is 0 Å². The first kappa shape index (κ1) is 15.2. The van der Waals surface area contributed by atoms with Crippen LogP contribution in [0.2, 0.25) is 0 Å². The normalized spacial score (nSPS) is 10.8. The van der Waals surface area contributed by atoms with Crippen molar-refractivity contribution in [3.05, 3.63) is 30.1 Å². The van der Waals surface area contributed by atoms with Crippen molar-refractivity contribution in [3.8, 4) is 0 Å². The maximum absolute atomic E-state index is 11.9. The zero-order valence-corrected chi connectivity index (χ0v) is 12.5. The van der Waals surface area contributed by atoms with Gasteiger partial charge in [-0.2, -0.15) is 0 Å². The van der Waals surface area contributed by atoms with E-state index in [1.54, 1.807) is 0 Å². The number of imidazole rings is 1. The Kier molecular flexibility index (Phi) is 4.70.